The van der Waals surface area contributed by atoms with Crippen LogP contribution >= 0.6 is 0 Å². The minimum absolute atomic E-state index is 0.388. The molecule has 1 aromatic rings. The van der Waals surface area contributed by atoms with Crippen LogP contribution in [0.4, 0.5) is 11.4 Å². The first-order valence-electron chi connectivity index (χ1n) is 5.55. The topological polar surface area (TPSA) is 61.4 Å². The molecule has 0 radical (unpaired) electrons. The second-order valence-corrected chi connectivity index (χ2v) is 4.06. The molecule has 0 aliphatic heterocycles. The number of hydrogen-bond donors (Lipinski definition) is 3. The Bertz CT molecular complexity index is 375. The molecule has 1 aliphatic carbocycles. The van der Waals surface area contributed by atoms with Crippen molar-refractivity contribution in [2.75, 3.05) is 17.2 Å². The zero-order valence-electron chi connectivity index (χ0n) is 9.07. The molecule has 1 aliphatic rings. The Morgan fingerprint density at radius 1 is 1.38 bits per heavy atom. The van der Waals surface area contributed by atoms with Gasteiger partial charge in [-0.25, -0.2) is 0 Å². The van der Waals surface area contributed by atoms with Crippen molar-refractivity contribution in [2.45, 2.75) is 25.3 Å². The third-order valence-corrected chi connectivity index (χ3v) is 2.77. The summed E-state index contributed by atoms with van der Waals surface area (Å²) in [5, 5.41) is 14.6. The molecule has 1 amide bonds. The number of carbonyl (C=O) groups is 1. The van der Waals surface area contributed by atoms with E-state index in [1.807, 2.05) is 18.2 Å². The Hall–Kier alpha value is -1.55. The number of amides is 1. The Labute approximate surface area is 94.7 Å². The predicted molar refractivity (Wildman–Crippen MR) is 63.4 cm³/mol. The van der Waals surface area contributed by atoms with Crippen LogP contribution in [0.15, 0.2) is 24.3 Å². The number of anilines is 2. The van der Waals surface area contributed by atoms with Crippen LogP contribution < -0.4 is 10.6 Å². The summed E-state index contributed by atoms with van der Waals surface area (Å²) in [6.45, 7) is -0.486. The quantitative estimate of drug-likeness (QED) is 0.722. The molecular formula is C12H16N2O2. The van der Waals surface area contributed by atoms with E-state index in [4.69, 9.17) is 5.11 Å². The second-order valence-electron chi connectivity index (χ2n) is 4.06. The fourth-order valence-corrected chi connectivity index (χ4v) is 1.68. The van der Waals surface area contributed by atoms with Gasteiger partial charge in [-0.1, -0.05) is 6.07 Å². The first kappa shape index (κ1) is 11.0. The lowest BCUT2D eigenvalue weighted by Crippen LogP contribution is -2.27. The summed E-state index contributed by atoms with van der Waals surface area (Å²) >= 11 is 0. The molecule has 86 valence electrons. The van der Waals surface area contributed by atoms with E-state index < -0.39 is 6.61 Å². The lowest BCUT2D eigenvalue weighted by atomic mass is 9.93. The van der Waals surface area contributed by atoms with Gasteiger partial charge in [0, 0.05) is 17.4 Å². The van der Waals surface area contributed by atoms with E-state index >= 15 is 0 Å². The van der Waals surface area contributed by atoms with Crippen molar-refractivity contribution in [1.82, 2.24) is 0 Å². The largest absolute Gasteiger partial charge is 0.387 e. The highest BCUT2D eigenvalue weighted by atomic mass is 16.3. The van der Waals surface area contributed by atoms with Crippen LogP contribution in [0.1, 0.15) is 19.3 Å². The molecule has 1 fully saturated rings. The average Bonchev–Trinajstić information content (AvgIpc) is 2.24. The first-order valence-corrected chi connectivity index (χ1v) is 5.55. The van der Waals surface area contributed by atoms with Gasteiger partial charge in [-0.2, -0.15) is 0 Å². The van der Waals surface area contributed by atoms with Crippen molar-refractivity contribution in [1.29, 1.82) is 0 Å². The van der Waals surface area contributed by atoms with Gasteiger partial charge in [-0.05, 0) is 37.5 Å². The van der Waals surface area contributed by atoms with Gasteiger partial charge >= 0.3 is 0 Å². The second kappa shape index (κ2) is 4.99. The van der Waals surface area contributed by atoms with Gasteiger partial charge in [0.25, 0.3) is 0 Å². The van der Waals surface area contributed by atoms with E-state index in [0.717, 1.165) is 5.69 Å². The molecule has 4 nitrogen and oxygen atoms in total. The lowest BCUT2D eigenvalue weighted by molar-refractivity contribution is -0.118. The monoisotopic (exact) mass is 220 g/mol. The number of aliphatic hydroxyl groups excluding tert-OH is 1. The van der Waals surface area contributed by atoms with E-state index in [-0.39, 0.29) is 5.91 Å². The van der Waals surface area contributed by atoms with Crippen molar-refractivity contribution < 1.29 is 9.90 Å². The Kier molecular flexibility index (Phi) is 3.41. The zero-order valence-corrected chi connectivity index (χ0v) is 9.07. The molecule has 1 aromatic carbocycles. The number of hydrogen-bond acceptors (Lipinski definition) is 3. The summed E-state index contributed by atoms with van der Waals surface area (Å²) in [6, 6.07) is 8.12. The molecule has 16 heavy (non-hydrogen) atoms. The maximum atomic E-state index is 11.0. The smallest absolute Gasteiger partial charge is 0.250 e. The van der Waals surface area contributed by atoms with Crippen molar-refractivity contribution >= 4 is 17.3 Å². The first-order chi connectivity index (χ1) is 7.78. The maximum absolute atomic E-state index is 11.0. The van der Waals surface area contributed by atoms with Gasteiger partial charge in [0.2, 0.25) is 5.91 Å². The summed E-state index contributed by atoms with van der Waals surface area (Å²) in [7, 11) is 0. The van der Waals surface area contributed by atoms with Gasteiger partial charge < -0.3 is 15.7 Å². The van der Waals surface area contributed by atoms with E-state index in [0.29, 0.717) is 11.7 Å². The van der Waals surface area contributed by atoms with Gasteiger partial charge in [-0.15, -0.1) is 0 Å². The molecule has 0 atom stereocenters. The Balaban J connectivity index is 1.97. The standard InChI is InChI=1S/C12H16N2O2/c15-8-12(16)14-11-6-2-5-10(7-11)13-9-3-1-4-9/h2,5-7,9,13,15H,1,3-4,8H2,(H,14,16). The van der Waals surface area contributed by atoms with E-state index in [9.17, 15) is 4.79 Å². The zero-order chi connectivity index (χ0) is 11.4. The number of aliphatic hydroxyl groups is 1. The van der Waals surface area contributed by atoms with Crippen LogP contribution in [-0.4, -0.2) is 23.7 Å². The number of rotatable bonds is 4. The number of carbonyl (C=O) groups excluding carboxylic acids is 1. The summed E-state index contributed by atoms with van der Waals surface area (Å²) in [6.07, 6.45) is 3.72. The van der Waals surface area contributed by atoms with Crippen LogP contribution in [0, 0.1) is 0 Å². The molecule has 2 rings (SSSR count). The minimum Gasteiger partial charge on any atom is -0.387 e. The molecule has 0 bridgehead atoms. The van der Waals surface area contributed by atoms with Crippen molar-refractivity contribution in [3.63, 3.8) is 0 Å². The summed E-state index contributed by atoms with van der Waals surface area (Å²) in [5.41, 5.74) is 1.73. The maximum Gasteiger partial charge on any atom is 0.250 e. The highest BCUT2D eigenvalue weighted by Gasteiger charge is 2.16. The molecule has 1 saturated carbocycles. The predicted octanol–water partition coefficient (Wildman–Crippen LogP) is 1.58. The van der Waals surface area contributed by atoms with E-state index in [1.165, 1.54) is 19.3 Å². The summed E-state index contributed by atoms with van der Waals surface area (Å²) in [4.78, 5) is 11.0. The fraction of sp³-hybridized carbons (Fsp3) is 0.417. The fourth-order valence-electron chi connectivity index (χ4n) is 1.68. The van der Waals surface area contributed by atoms with Crippen LogP contribution in [0.25, 0.3) is 0 Å². The van der Waals surface area contributed by atoms with Crippen molar-refractivity contribution in [2.24, 2.45) is 0 Å². The Morgan fingerprint density at radius 3 is 2.75 bits per heavy atom. The molecule has 0 saturated heterocycles. The third-order valence-electron chi connectivity index (χ3n) is 2.77. The Morgan fingerprint density at radius 2 is 2.12 bits per heavy atom. The van der Waals surface area contributed by atoms with Crippen molar-refractivity contribution in [3.05, 3.63) is 24.3 Å². The molecule has 4 heteroatoms. The van der Waals surface area contributed by atoms with E-state index in [1.54, 1.807) is 6.07 Å². The van der Waals surface area contributed by atoms with Gasteiger partial charge in [-0.3, -0.25) is 4.79 Å². The summed E-state index contributed by atoms with van der Waals surface area (Å²) in [5.74, 6) is -0.388. The van der Waals surface area contributed by atoms with Crippen LogP contribution in [-0.2, 0) is 4.79 Å². The van der Waals surface area contributed by atoms with Gasteiger partial charge in [0.1, 0.15) is 6.61 Å². The van der Waals surface area contributed by atoms with Crippen molar-refractivity contribution in [3.8, 4) is 0 Å². The van der Waals surface area contributed by atoms with Crippen LogP contribution in [0.5, 0.6) is 0 Å². The average molecular weight is 220 g/mol. The molecule has 0 heterocycles. The van der Waals surface area contributed by atoms with E-state index in [2.05, 4.69) is 10.6 Å². The molecule has 0 aromatic heterocycles. The molecule has 0 unspecified atom stereocenters. The highest BCUT2D eigenvalue weighted by molar-refractivity contribution is 5.91. The van der Waals surface area contributed by atoms with Gasteiger partial charge in [0.05, 0.1) is 0 Å². The third kappa shape index (κ3) is 2.73. The van der Waals surface area contributed by atoms with Crippen LogP contribution in [0.2, 0.25) is 0 Å². The number of benzene rings is 1. The molecule has 0 spiro atoms. The molecular weight excluding hydrogens is 204 g/mol. The molecule has 3 N–H and O–H groups in total. The SMILES string of the molecule is O=C(CO)Nc1cccc(NC2CCC2)c1. The van der Waals surface area contributed by atoms with Gasteiger partial charge in [0.15, 0.2) is 0 Å². The lowest BCUT2D eigenvalue weighted by Gasteiger charge is -2.27. The van der Waals surface area contributed by atoms with Crippen LogP contribution in [0.3, 0.4) is 0 Å². The highest BCUT2D eigenvalue weighted by Crippen LogP contribution is 2.24. The minimum atomic E-state index is -0.486. The number of nitrogens with one attached hydrogen (secondary N) is 2. The normalized spacial score (nSPS) is 15.3. The summed E-state index contributed by atoms with van der Waals surface area (Å²) < 4.78 is 0.